The van der Waals surface area contributed by atoms with Crippen LogP contribution in [0.5, 0.6) is 0 Å². The fraction of sp³-hybridized carbons (Fsp3) is 0.222. The summed E-state index contributed by atoms with van der Waals surface area (Å²) >= 11 is 0. The molecule has 0 aromatic heterocycles. The normalized spacial score (nSPS) is 10.7. The van der Waals surface area contributed by atoms with Crippen LogP contribution in [-0.4, -0.2) is 35.5 Å². The van der Waals surface area contributed by atoms with Crippen molar-refractivity contribution >= 4 is 17.6 Å². The Morgan fingerprint density at radius 2 is 1.96 bits per heavy atom. The van der Waals surface area contributed by atoms with Crippen LogP contribution in [0.4, 0.5) is 10.1 Å². The number of anilines is 1. The second-order valence-electron chi connectivity index (χ2n) is 5.71. The lowest BCUT2D eigenvalue weighted by atomic mass is 10.1. The lowest BCUT2D eigenvalue weighted by molar-refractivity contribution is -0.117. The molecule has 0 unspecified atom stereocenters. The molecule has 0 saturated heterocycles. The smallest absolute Gasteiger partial charge is 0.335 e. The van der Waals surface area contributed by atoms with Crippen molar-refractivity contribution in [2.24, 2.45) is 0 Å². The molecule has 0 atom stereocenters. The van der Waals surface area contributed by atoms with E-state index in [0.29, 0.717) is 6.54 Å². The van der Waals surface area contributed by atoms with E-state index < -0.39 is 17.7 Å². The van der Waals surface area contributed by atoms with E-state index in [0.717, 1.165) is 29.3 Å². The minimum Gasteiger partial charge on any atom is -0.478 e. The second kappa shape index (κ2) is 7.70. The minimum absolute atomic E-state index is 0.0602. The Balaban J connectivity index is 1.97. The summed E-state index contributed by atoms with van der Waals surface area (Å²) in [5, 5.41) is 11.3. The lowest BCUT2D eigenvalue weighted by Gasteiger charge is -2.17. The molecule has 6 heteroatoms. The molecule has 5 nitrogen and oxygen atoms in total. The van der Waals surface area contributed by atoms with Gasteiger partial charge in [0, 0.05) is 6.54 Å². The molecule has 0 radical (unpaired) electrons. The van der Waals surface area contributed by atoms with Gasteiger partial charge in [0.25, 0.3) is 0 Å². The SMILES string of the molecule is Cc1cccc(CN(C)CC(=O)Nc2cc(C(=O)O)ccc2F)c1. The largest absolute Gasteiger partial charge is 0.478 e. The highest BCUT2D eigenvalue weighted by Crippen LogP contribution is 2.16. The van der Waals surface area contributed by atoms with E-state index in [4.69, 9.17) is 5.11 Å². The number of aryl methyl sites for hydroxylation is 1. The number of halogens is 1. The zero-order valence-electron chi connectivity index (χ0n) is 13.5. The number of aromatic carboxylic acids is 1. The molecule has 2 rings (SSSR count). The predicted molar refractivity (Wildman–Crippen MR) is 89.5 cm³/mol. The van der Waals surface area contributed by atoms with Crippen molar-refractivity contribution in [2.75, 3.05) is 18.9 Å². The summed E-state index contributed by atoms with van der Waals surface area (Å²) < 4.78 is 13.7. The number of amides is 1. The molecule has 0 bridgehead atoms. The van der Waals surface area contributed by atoms with Crippen molar-refractivity contribution in [3.8, 4) is 0 Å². The maximum Gasteiger partial charge on any atom is 0.335 e. The van der Waals surface area contributed by atoms with E-state index in [1.807, 2.05) is 31.2 Å². The molecule has 1 amide bonds. The second-order valence-corrected chi connectivity index (χ2v) is 5.71. The van der Waals surface area contributed by atoms with Crippen LogP contribution in [0.25, 0.3) is 0 Å². The molecule has 0 aliphatic rings. The van der Waals surface area contributed by atoms with Gasteiger partial charge >= 0.3 is 5.97 Å². The molecular weight excluding hydrogens is 311 g/mol. The Bertz CT molecular complexity index is 762. The lowest BCUT2D eigenvalue weighted by Crippen LogP contribution is -2.30. The molecule has 2 aromatic carbocycles. The number of carbonyl (C=O) groups is 2. The Hall–Kier alpha value is -2.73. The van der Waals surface area contributed by atoms with Crippen LogP contribution >= 0.6 is 0 Å². The average molecular weight is 330 g/mol. The van der Waals surface area contributed by atoms with Crippen molar-refractivity contribution in [2.45, 2.75) is 13.5 Å². The van der Waals surface area contributed by atoms with Gasteiger partial charge in [0.1, 0.15) is 5.82 Å². The summed E-state index contributed by atoms with van der Waals surface area (Å²) in [6, 6.07) is 11.2. The van der Waals surface area contributed by atoms with Gasteiger partial charge in [0.15, 0.2) is 0 Å². The zero-order valence-corrected chi connectivity index (χ0v) is 13.5. The first kappa shape index (κ1) is 17.6. The molecular formula is C18H19FN2O3. The fourth-order valence-corrected chi connectivity index (χ4v) is 2.37. The van der Waals surface area contributed by atoms with Crippen LogP contribution in [0.3, 0.4) is 0 Å². The van der Waals surface area contributed by atoms with E-state index >= 15 is 0 Å². The van der Waals surface area contributed by atoms with Crippen LogP contribution in [0, 0.1) is 12.7 Å². The molecule has 2 N–H and O–H groups in total. The molecule has 0 spiro atoms. The van der Waals surface area contributed by atoms with Crippen LogP contribution in [0.2, 0.25) is 0 Å². The molecule has 2 aromatic rings. The highest BCUT2D eigenvalue weighted by Gasteiger charge is 2.13. The van der Waals surface area contributed by atoms with Crippen LogP contribution in [0.1, 0.15) is 21.5 Å². The van der Waals surface area contributed by atoms with Gasteiger partial charge in [0.2, 0.25) is 5.91 Å². The predicted octanol–water partition coefficient (Wildman–Crippen LogP) is 2.90. The van der Waals surface area contributed by atoms with Gasteiger partial charge in [0.05, 0.1) is 17.8 Å². The van der Waals surface area contributed by atoms with Crippen LogP contribution in [-0.2, 0) is 11.3 Å². The Morgan fingerprint density at radius 1 is 1.21 bits per heavy atom. The third kappa shape index (κ3) is 4.89. The maximum absolute atomic E-state index is 13.7. The van der Waals surface area contributed by atoms with Gasteiger partial charge in [-0.3, -0.25) is 9.69 Å². The first-order valence-electron chi connectivity index (χ1n) is 7.42. The topological polar surface area (TPSA) is 69.6 Å². The number of nitrogens with one attached hydrogen (secondary N) is 1. The number of carboxylic acid groups (broad SMARTS) is 1. The minimum atomic E-state index is -1.18. The van der Waals surface area contributed by atoms with Crippen molar-refractivity contribution in [3.63, 3.8) is 0 Å². The molecule has 0 aliphatic carbocycles. The summed E-state index contributed by atoms with van der Waals surface area (Å²) in [6.45, 7) is 2.63. The molecule has 0 heterocycles. The van der Waals surface area contributed by atoms with Gasteiger partial charge in [-0.1, -0.05) is 29.8 Å². The van der Waals surface area contributed by atoms with Gasteiger partial charge in [-0.2, -0.15) is 0 Å². The quantitative estimate of drug-likeness (QED) is 0.854. The highest BCUT2D eigenvalue weighted by atomic mass is 19.1. The van der Waals surface area contributed by atoms with Gasteiger partial charge in [-0.15, -0.1) is 0 Å². The number of hydrogen-bond acceptors (Lipinski definition) is 3. The Kier molecular flexibility index (Phi) is 5.65. The van der Waals surface area contributed by atoms with Crippen molar-refractivity contribution in [1.29, 1.82) is 0 Å². The third-order valence-electron chi connectivity index (χ3n) is 3.44. The van der Waals surface area contributed by atoms with Crippen LogP contribution < -0.4 is 5.32 Å². The monoisotopic (exact) mass is 330 g/mol. The summed E-state index contributed by atoms with van der Waals surface area (Å²) in [4.78, 5) is 24.8. The van der Waals surface area contributed by atoms with Gasteiger partial charge in [-0.05, 0) is 37.7 Å². The summed E-state index contributed by atoms with van der Waals surface area (Å²) in [7, 11) is 1.78. The first-order valence-corrected chi connectivity index (χ1v) is 7.42. The van der Waals surface area contributed by atoms with E-state index in [1.54, 1.807) is 11.9 Å². The third-order valence-corrected chi connectivity index (χ3v) is 3.44. The Labute approximate surface area is 139 Å². The average Bonchev–Trinajstić information content (AvgIpc) is 2.49. The van der Waals surface area contributed by atoms with E-state index in [9.17, 15) is 14.0 Å². The zero-order chi connectivity index (χ0) is 17.7. The molecule has 24 heavy (non-hydrogen) atoms. The van der Waals surface area contributed by atoms with Gasteiger partial charge < -0.3 is 10.4 Å². The molecule has 0 aliphatic heterocycles. The van der Waals surface area contributed by atoms with Crippen molar-refractivity contribution in [3.05, 3.63) is 65.0 Å². The Morgan fingerprint density at radius 3 is 2.62 bits per heavy atom. The number of hydrogen-bond donors (Lipinski definition) is 2. The van der Waals surface area contributed by atoms with Crippen molar-refractivity contribution in [1.82, 2.24) is 4.90 Å². The van der Waals surface area contributed by atoms with E-state index in [2.05, 4.69) is 5.32 Å². The van der Waals surface area contributed by atoms with Gasteiger partial charge in [-0.25, -0.2) is 9.18 Å². The molecule has 0 fully saturated rings. The number of carbonyl (C=O) groups excluding carboxylic acids is 1. The fourth-order valence-electron chi connectivity index (χ4n) is 2.37. The summed E-state index contributed by atoms with van der Waals surface area (Å²) in [5.74, 6) is -2.26. The molecule has 126 valence electrons. The number of carboxylic acids is 1. The van der Waals surface area contributed by atoms with Crippen LogP contribution in [0.15, 0.2) is 42.5 Å². The first-order chi connectivity index (χ1) is 11.3. The summed E-state index contributed by atoms with van der Waals surface area (Å²) in [5.41, 5.74) is 1.99. The number of nitrogens with zero attached hydrogens (tertiary/aromatic N) is 1. The number of rotatable bonds is 6. The van der Waals surface area contributed by atoms with E-state index in [-0.39, 0.29) is 17.8 Å². The highest BCUT2D eigenvalue weighted by molar-refractivity contribution is 5.94. The maximum atomic E-state index is 13.7. The standard InChI is InChI=1S/C18H19FN2O3/c1-12-4-3-5-13(8-12)10-21(2)11-17(22)20-16-9-14(18(23)24)6-7-15(16)19/h3-9H,10-11H2,1-2H3,(H,20,22)(H,23,24). The number of benzene rings is 2. The number of likely N-dealkylation sites (N-methyl/N-ethyl adjacent to an activating group) is 1. The van der Waals surface area contributed by atoms with Crippen molar-refractivity contribution < 1.29 is 19.1 Å². The summed E-state index contributed by atoms with van der Waals surface area (Å²) in [6.07, 6.45) is 0. The van der Waals surface area contributed by atoms with E-state index in [1.165, 1.54) is 0 Å². The molecule has 0 saturated carbocycles.